The second-order valence-electron chi connectivity index (χ2n) is 5.30. The summed E-state index contributed by atoms with van der Waals surface area (Å²) in [5.74, 6) is -2.81. The number of quaternary nitrogens is 1. The molecule has 0 spiro atoms. The van der Waals surface area contributed by atoms with Gasteiger partial charge in [-0.05, 0) is 11.1 Å². The largest absolute Gasteiger partial charge is 0.542 e. The first-order valence-corrected chi connectivity index (χ1v) is 7.42. The van der Waals surface area contributed by atoms with Gasteiger partial charge in [0.1, 0.15) is 12.0 Å². The van der Waals surface area contributed by atoms with E-state index in [0.717, 1.165) is 5.56 Å². The third-order valence-electron chi connectivity index (χ3n) is 3.23. The molecule has 0 saturated carbocycles. The van der Waals surface area contributed by atoms with E-state index >= 15 is 0 Å². The Bertz CT molecular complexity index is 673. The smallest absolute Gasteiger partial charge is 0.430 e. The fraction of sp³-hybridized carbons (Fsp3) is 0.222. The SMILES string of the molecule is O=C([O-])C(F)(F)F.[NH3+][C@@H](Cc1ccccc1)C(=O)Cc1ccccc1. The van der Waals surface area contributed by atoms with Gasteiger partial charge in [0, 0.05) is 12.8 Å². The van der Waals surface area contributed by atoms with Crippen LogP contribution in [0.1, 0.15) is 11.1 Å². The van der Waals surface area contributed by atoms with Crippen LogP contribution in [0.15, 0.2) is 60.7 Å². The molecule has 0 heterocycles. The Balaban J connectivity index is 0.000000381. The topological polar surface area (TPSA) is 84.8 Å². The second-order valence-corrected chi connectivity index (χ2v) is 5.30. The summed E-state index contributed by atoms with van der Waals surface area (Å²) in [6.07, 6.45) is -4.01. The summed E-state index contributed by atoms with van der Waals surface area (Å²) in [5, 5.41) is 8.78. The number of aliphatic carboxylic acids is 1. The normalized spacial score (nSPS) is 11.8. The first-order chi connectivity index (χ1) is 11.7. The molecule has 3 N–H and O–H groups in total. The number of carbonyl (C=O) groups is 2. The Kier molecular flexibility index (Phi) is 7.81. The number of Topliss-reactive ketones (excluding diaryl/α,β-unsaturated/α-hetero) is 1. The predicted octanol–water partition coefficient (Wildman–Crippen LogP) is 0.950. The minimum Gasteiger partial charge on any atom is -0.542 e. The van der Waals surface area contributed by atoms with Gasteiger partial charge in [-0.2, -0.15) is 13.2 Å². The van der Waals surface area contributed by atoms with Crippen molar-refractivity contribution >= 4 is 11.8 Å². The van der Waals surface area contributed by atoms with Crippen molar-refractivity contribution in [3.05, 3.63) is 71.8 Å². The van der Waals surface area contributed by atoms with Crippen LogP contribution in [-0.4, -0.2) is 24.0 Å². The van der Waals surface area contributed by atoms with Crippen molar-refractivity contribution in [3.8, 4) is 0 Å². The molecule has 0 radical (unpaired) electrons. The maximum atomic E-state index is 12.1. The van der Waals surface area contributed by atoms with Crippen molar-refractivity contribution in [1.29, 1.82) is 0 Å². The number of rotatable bonds is 5. The summed E-state index contributed by atoms with van der Waals surface area (Å²) in [7, 11) is 0. The van der Waals surface area contributed by atoms with Crippen LogP contribution in [0, 0.1) is 0 Å². The average Bonchev–Trinajstić information content (AvgIpc) is 2.56. The molecule has 0 aliphatic carbocycles. The van der Waals surface area contributed by atoms with Gasteiger partial charge in [-0.3, -0.25) is 4.79 Å². The highest BCUT2D eigenvalue weighted by atomic mass is 19.4. The molecule has 0 aliphatic rings. The molecule has 134 valence electrons. The lowest BCUT2D eigenvalue weighted by Gasteiger charge is -2.07. The molecule has 1 atom stereocenters. The minimum absolute atomic E-state index is 0.174. The first kappa shape index (κ1) is 20.4. The number of hydrogen-bond acceptors (Lipinski definition) is 3. The lowest BCUT2D eigenvalue weighted by Crippen LogP contribution is -2.66. The van der Waals surface area contributed by atoms with E-state index in [1.165, 1.54) is 5.56 Å². The van der Waals surface area contributed by atoms with Crippen LogP contribution in [0.4, 0.5) is 13.2 Å². The highest BCUT2D eigenvalue weighted by Gasteiger charge is 2.28. The van der Waals surface area contributed by atoms with Crippen molar-refractivity contribution in [3.63, 3.8) is 0 Å². The Morgan fingerprint density at radius 3 is 1.72 bits per heavy atom. The van der Waals surface area contributed by atoms with Gasteiger partial charge in [0.15, 0.2) is 5.78 Å². The average molecular weight is 353 g/mol. The number of hydrogen-bond donors (Lipinski definition) is 1. The molecule has 0 fully saturated rings. The van der Waals surface area contributed by atoms with E-state index < -0.39 is 12.1 Å². The van der Waals surface area contributed by atoms with Crippen molar-refractivity contribution in [2.24, 2.45) is 0 Å². The third kappa shape index (κ3) is 8.12. The molecular weight excluding hydrogens is 335 g/mol. The zero-order valence-corrected chi connectivity index (χ0v) is 13.3. The fourth-order valence-electron chi connectivity index (χ4n) is 1.95. The number of carboxylic acids is 1. The number of ketones is 1. The van der Waals surface area contributed by atoms with Gasteiger partial charge in [0.05, 0.1) is 0 Å². The Morgan fingerprint density at radius 1 is 0.920 bits per heavy atom. The Labute approximate surface area is 143 Å². The van der Waals surface area contributed by atoms with E-state index in [9.17, 15) is 18.0 Å². The molecule has 0 aromatic heterocycles. The minimum atomic E-state index is -5.19. The van der Waals surface area contributed by atoms with E-state index in [1.54, 1.807) is 0 Å². The van der Waals surface area contributed by atoms with Crippen molar-refractivity contribution in [1.82, 2.24) is 0 Å². The van der Waals surface area contributed by atoms with Gasteiger partial charge in [0.25, 0.3) is 0 Å². The van der Waals surface area contributed by atoms with Gasteiger partial charge < -0.3 is 15.6 Å². The molecule has 2 aromatic rings. The molecule has 2 rings (SSSR count). The molecular formula is C18H18F3NO3. The molecule has 0 aliphatic heterocycles. The molecule has 0 bridgehead atoms. The zero-order chi connectivity index (χ0) is 18.9. The van der Waals surface area contributed by atoms with E-state index in [2.05, 4.69) is 5.73 Å². The quantitative estimate of drug-likeness (QED) is 0.869. The molecule has 2 aromatic carbocycles. The Hall–Kier alpha value is -2.67. The zero-order valence-electron chi connectivity index (χ0n) is 13.3. The number of benzene rings is 2. The summed E-state index contributed by atoms with van der Waals surface area (Å²) in [5.41, 5.74) is 6.20. The van der Waals surface area contributed by atoms with E-state index in [0.29, 0.717) is 12.8 Å². The third-order valence-corrected chi connectivity index (χ3v) is 3.23. The molecule has 25 heavy (non-hydrogen) atoms. The summed E-state index contributed by atoms with van der Waals surface area (Å²) >= 11 is 0. The van der Waals surface area contributed by atoms with Crippen LogP contribution in [0.3, 0.4) is 0 Å². The number of alkyl halides is 3. The maximum absolute atomic E-state index is 12.1. The standard InChI is InChI=1S/C16H17NO.C2HF3O2/c17-15(11-13-7-3-1-4-8-13)16(18)12-14-9-5-2-6-10-14;3-2(4,5)1(6)7/h1-10,15H,11-12,17H2;(H,6,7)/t15-;/m0./s1. The van der Waals surface area contributed by atoms with E-state index in [1.807, 2.05) is 60.7 Å². The number of carbonyl (C=O) groups excluding carboxylic acids is 2. The monoisotopic (exact) mass is 353 g/mol. The molecule has 0 amide bonds. The maximum Gasteiger partial charge on any atom is 0.430 e. The summed E-state index contributed by atoms with van der Waals surface area (Å²) in [4.78, 5) is 20.8. The van der Waals surface area contributed by atoms with Crippen molar-refractivity contribution in [2.45, 2.75) is 25.1 Å². The molecule has 0 saturated heterocycles. The lowest BCUT2D eigenvalue weighted by atomic mass is 9.99. The predicted molar refractivity (Wildman–Crippen MR) is 83.0 cm³/mol. The van der Waals surface area contributed by atoms with Gasteiger partial charge in [-0.25, -0.2) is 0 Å². The van der Waals surface area contributed by atoms with Gasteiger partial charge in [-0.1, -0.05) is 60.7 Å². The fourth-order valence-corrected chi connectivity index (χ4v) is 1.95. The molecule has 0 unspecified atom stereocenters. The van der Waals surface area contributed by atoms with Crippen LogP contribution in [0.5, 0.6) is 0 Å². The van der Waals surface area contributed by atoms with Crippen molar-refractivity contribution in [2.75, 3.05) is 0 Å². The summed E-state index contributed by atoms with van der Waals surface area (Å²) in [6.45, 7) is 0. The Morgan fingerprint density at radius 2 is 1.32 bits per heavy atom. The van der Waals surface area contributed by atoms with Crippen LogP contribution >= 0.6 is 0 Å². The summed E-state index contributed by atoms with van der Waals surface area (Å²) in [6, 6.07) is 19.7. The van der Waals surface area contributed by atoms with Crippen molar-refractivity contribution < 1.29 is 33.6 Å². The first-order valence-electron chi connectivity index (χ1n) is 7.42. The second kappa shape index (κ2) is 9.58. The number of carboxylic acid groups (broad SMARTS) is 1. The van der Waals surface area contributed by atoms with Gasteiger partial charge in [-0.15, -0.1) is 0 Å². The van der Waals surface area contributed by atoms with Gasteiger partial charge >= 0.3 is 6.18 Å². The highest BCUT2D eigenvalue weighted by molar-refractivity contribution is 5.84. The molecule has 4 nitrogen and oxygen atoms in total. The lowest BCUT2D eigenvalue weighted by molar-refractivity contribution is -0.402. The van der Waals surface area contributed by atoms with E-state index in [4.69, 9.17) is 9.90 Å². The van der Waals surface area contributed by atoms with Crippen LogP contribution < -0.4 is 10.8 Å². The van der Waals surface area contributed by atoms with Crippen LogP contribution in [0.2, 0.25) is 0 Å². The van der Waals surface area contributed by atoms with Gasteiger partial charge in [0.2, 0.25) is 0 Å². The number of halogens is 3. The highest BCUT2D eigenvalue weighted by Crippen LogP contribution is 2.11. The summed E-state index contributed by atoms with van der Waals surface area (Å²) < 4.78 is 31.5. The molecule has 7 heteroatoms. The van der Waals surface area contributed by atoms with E-state index in [-0.39, 0.29) is 11.8 Å². The van der Waals surface area contributed by atoms with Crippen LogP contribution in [-0.2, 0) is 22.4 Å². The van der Waals surface area contributed by atoms with Crippen LogP contribution in [0.25, 0.3) is 0 Å².